The van der Waals surface area contributed by atoms with Gasteiger partial charge in [0.1, 0.15) is 6.54 Å². The first-order chi connectivity index (χ1) is 13.6. The van der Waals surface area contributed by atoms with Crippen LogP contribution in [0.2, 0.25) is 0 Å². The van der Waals surface area contributed by atoms with Crippen LogP contribution in [0.1, 0.15) is 28.4 Å². The number of hydrogen-bond acceptors (Lipinski definition) is 4. The van der Waals surface area contributed by atoms with Crippen molar-refractivity contribution >= 4 is 29.2 Å². The molecule has 2 aromatic rings. The lowest BCUT2D eigenvalue weighted by Gasteiger charge is -2.31. The normalized spacial score (nSPS) is 14.7. The maximum absolute atomic E-state index is 12.9. The van der Waals surface area contributed by atoms with Crippen LogP contribution in [0, 0.1) is 6.92 Å². The summed E-state index contributed by atoms with van der Waals surface area (Å²) in [5.74, 6) is -2.09. The van der Waals surface area contributed by atoms with Crippen molar-refractivity contribution in [3.8, 4) is 0 Å². The van der Waals surface area contributed by atoms with Crippen LogP contribution in [0.15, 0.2) is 42.5 Å². The quantitative estimate of drug-likeness (QED) is 0.792. The number of carbonyl (C=O) groups excluding carboxylic acids is 3. The molecule has 3 rings (SSSR count). The Hall–Kier alpha value is -3.36. The van der Waals surface area contributed by atoms with Gasteiger partial charge in [-0.05, 0) is 44.2 Å². The maximum Gasteiger partial charge on any atom is 0.416 e. The number of ether oxygens (including phenoxy) is 1. The van der Waals surface area contributed by atoms with Crippen LogP contribution in [0.3, 0.4) is 0 Å². The highest BCUT2D eigenvalue weighted by molar-refractivity contribution is 6.11. The number of hydrogen-bond donors (Lipinski definition) is 1. The molecule has 2 amide bonds. The zero-order valence-electron chi connectivity index (χ0n) is 15.5. The fourth-order valence-electron chi connectivity index (χ4n) is 2.85. The molecule has 6 nitrogen and oxygen atoms in total. The van der Waals surface area contributed by atoms with Crippen molar-refractivity contribution in [3.63, 3.8) is 0 Å². The molecule has 1 aliphatic rings. The number of nitrogens with one attached hydrogen (secondary N) is 1. The predicted octanol–water partition coefficient (Wildman–Crippen LogP) is 3.54. The van der Waals surface area contributed by atoms with Gasteiger partial charge < -0.3 is 10.1 Å². The van der Waals surface area contributed by atoms with Gasteiger partial charge in [0.15, 0.2) is 6.10 Å². The average molecular weight is 406 g/mol. The highest BCUT2D eigenvalue weighted by atomic mass is 19.4. The molecule has 1 unspecified atom stereocenters. The van der Waals surface area contributed by atoms with Crippen LogP contribution in [0.25, 0.3) is 0 Å². The van der Waals surface area contributed by atoms with Gasteiger partial charge in [-0.2, -0.15) is 13.2 Å². The van der Waals surface area contributed by atoms with Crippen LogP contribution in [0.4, 0.5) is 24.5 Å². The van der Waals surface area contributed by atoms with Crippen molar-refractivity contribution in [2.45, 2.75) is 26.1 Å². The van der Waals surface area contributed by atoms with E-state index in [1.807, 2.05) is 6.92 Å². The van der Waals surface area contributed by atoms with Gasteiger partial charge >= 0.3 is 12.1 Å². The van der Waals surface area contributed by atoms with E-state index in [2.05, 4.69) is 5.32 Å². The van der Waals surface area contributed by atoms with E-state index in [9.17, 15) is 27.6 Å². The largest absolute Gasteiger partial charge is 0.449 e. The van der Waals surface area contributed by atoms with E-state index in [0.29, 0.717) is 0 Å². The minimum Gasteiger partial charge on any atom is -0.449 e. The van der Waals surface area contributed by atoms with Gasteiger partial charge in [-0.1, -0.05) is 17.7 Å². The highest BCUT2D eigenvalue weighted by Crippen LogP contribution is 2.37. The number of carbonyl (C=O) groups is 3. The number of nitrogens with zero attached hydrogens (tertiary/aromatic N) is 1. The first-order valence-corrected chi connectivity index (χ1v) is 8.66. The first kappa shape index (κ1) is 20.4. The zero-order chi connectivity index (χ0) is 21.3. The summed E-state index contributed by atoms with van der Waals surface area (Å²) in [5, 5.41) is 2.33. The minimum absolute atomic E-state index is 0.0980. The molecular formula is C20H17F3N2O4. The van der Waals surface area contributed by atoms with Crippen molar-refractivity contribution in [1.82, 2.24) is 0 Å². The summed E-state index contributed by atoms with van der Waals surface area (Å²) in [6.45, 7) is 2.79. The van der Waals surface area contributed by atoms with E-state index in [4.69, 9.17) is 4.74 Å². The molecule has 1 atom stereocenters. The third kappa shape index (κ3) is 4.39. The number of aryl methyl sites for hydroxylation is 1. The SMILES string of the molecule is Cc1ccc(C(=O)OC(C)C(=O)N2CC(=O)Nc3cc(C(F)(F)F)ccc32)cc1. The van der Waals surface area contributed by atoms with Crippen molar-refractivity contribution < 1.29 is 32.3 Å². The Balaban J connectivity index is 1.81. The number of halogens is 3. The molecule has 0 spiro atoms. The summed E-state index contributed by atoms with van der Waals surface area (Å²) < 4.78 is 43.9. The third-order valence-electron chi connectivity index (χ3n) is 4.38. The van der Waals surface area contributed by atoms with Gasteiger partial charge in [0, 0.05) is 0 Å². The van der Waals surface area contributed by atoms with E-state index in [1.165, 1.54) is 6.92 Å². The molecule has 0 radical (unpaired) electrons. The highest BCUT2D eigenvalue weighted by Gasteiger charge is 2.35. The second-order valence-electron chi connectivity index (χ2n) is 6.62. The van der Waals surface area contributed by atoms with Gasteiger partial charge in [0.2, 0.25) is 5.91 Å². The van der Waals surface area contributed by atoms with Gasteiger partial charge in [0.05, 0.1) is 22.5 Å². The van der Waals surface area contributed by atoms with Crippen LogP contribution in [-0.4, -0.2) is 30.4 Å². The molecule has 0 saturated carbocycles. The van der Waals surface area contributed by atoms with Gasteiger partial charge in [-0.3, -0.25) is 14.5 Å². The Morgan fingerprint density at radius 3 is 2.41 bits per heavy atom. The van der Waals surface area contributed by atoms with E-state index in [-0.39, 0.29) is 16.9 Å². The summed E-state index contributed by atoms with van der Waals surface area (Å²) in [7, 11) is 0. The van der Waals surface area contributed by atoms with Gasteiger partial charge in [-0.25, -0.2) is 4.79 Å². The standard InChI is InChI=1S/C20H17F3N2O4/c1-11-3-5-13(6-4-11)19(28)29-12(2)18(27)25-10-17(26)24-15-9-14(20(21,22)23)7-8-16(15)25/h3-9,12H,10H2,1-2H3,(H,24,26). The smallest absolute Gasteiger partial charge is 0.416 e. The van der Waals surface area contributed by atoms with Crippen LogP contribution in [-0.2, 0) is 20.5 Å². The second kappa shape index (κ2) is 7.57. The maximum atomic E-state index is 12.9. The molecule has 0 bridgehead atoms. The number of amides is 2. The molecule has 152 valence electrons. The molecule has 0 saturated heterocycles. The van der Waals surface area contributed by atoms with Gasteiger partial charge in [-0.15, -0.1) is 0 Å². The minimum atomic E-state index is -4.59. The van der Waals surface area contributed by atoms with E-state index in [1.54, 1.807) is 24.3 Å². The zero-order valence-corrected chi connectivity index (χ0v) is 15.5. The Morgan fingerprint density at radius 1 is 1.14 bits per heavy atom. The second-order valence-corrected chi connectivity index (χ2v) is 6.62. The van der Waals surface area contributed by atoms with Crippen LogP contribution in [0.5, 0.6) is 0 Å². The number of alkyl halides is 3. The van der Waals surface area contributed by atoms with E-state index < -0.39 is 42.2 Å². The van der Waals surface area contributed by atoms with Crippen molar-refractivity contribution in [3.05, 3.63) is 59.2 Å². The van der Waals surface area contributed by atoms with Crippen molar-refractivity contribution in [2.24, 2.45) is 0 Å². The molecule has 1 heterocycles. The topological polar surface area (TPSA) is 75.7 Å². The summed E-state index contributed by atoms with van der Waals surface area (Å²) in [4.78, 5) is 37.9. The average Bonchev–Trinajstić information content (AvgIpc) is 2.65. The lowest BCUT2D eigenvalue weighted by molar-refractivity contribution is -0.137. The fraction of sp³-hybridized carbons (Fsp3) is 0.250. The molecule has 9 heteroatoms. The summed E-state index contributed by atoms with van der Waals surface area (Å²) in [6, 6.07) is 9.21. The fourth-order valence-corrected chi connectivity index (χ4v) is 2.85. The molecule has 1 N–H and O–H groups in total. The molecule has 1 aliphatic heterocycles. The number of rotatable bonds is 3. The number of fused-ring (bicyclic) bond motifs is 1. The Labute approximate surface area is 164 Å². The van der Waals surface area contributed by atoms with Crippen molar-refractivity contribution in [2.75, 3.05) is 16.8 Å². The van der Waals surface area contributed by atoms with E-state index >= 15 is 0 Å². The molecule has 0 aliphatic carbocycles. The predicted molar refractivity (Wildman–Crippen MR) is 98.5 cm³/mol. The van der Waals surface area contributed by atoms with Crippen LogP contribution < -0.4 is 10.2 Å². The lowest BCUT2D eigenvalue weighted by atomic mass is 10.1. The monoisotopic (exact) mass is 406 g/mol. The molecule has 29 heavy (non-hydrogen) atoms. The first-order valence-electron chi connectivity index (χ1n) is 8.66. The Morgan fingerprint density at radius 2 is 1.79 bits per heavy atom. The Kier molecular flexibility index (Phi) is 5.32. The van der Waals surface area contributed by atoms with Crippen LogP contribution >= 0.6 is 0 Å². The van der Waals surface area contributed by atoms with E-state index in [0.717, 1.165) is 28.7 Å². The third-order valence-corrected chi connectivity index (χ3v) is 4.38. The van der Waals surface area contributed by atoms with Crippen molar-refractivity contribution in [1.29, 1.82) is 0 Å². The summed E-state index contributed by atoms with van der Waals surface area (Å²) in [5.41, 5.74) is 0.203. The Bertz CT molecular complexity index is 971. The molecule has 0 aromatic heterocycles. The molecule has 2 aromatic carbocycles. The lowest BCUT2D eigenvalue weighted by Crippen LogP contribution is -2.47. The summed E-state index contributed by atoms with van der Waals surface area (Å²) >= 11 is 0. The summed E-state index contributed by atoms with van der Waals surface area (Å²) in [6.07, 6.45) is -5.84. The molecule has 0 fully saturated rings. The molecular weight excluding hydrogens is 389 g/mol. The number of esters is 1. The number of anilines is 2. The van der Waals surface area contributed by atoms with Gasteiger partial charge in [0.25, 0.3) is 5.91 Å². The number of benzene rings is 2.